The number of nitrogens with zero attached hydrogens (tertiary/aromatic N) is 3. The zero-order valence-electron chi connectivity index (χ0n) is 13.3. The molecule has 24 heavy (non-hydrogen) atoms. The van der Waals surface area contributed by atoms with E-state index in [1.54, 1.807) is 23.3 Å². The van der Waals surface area contributed by atoms with Gasteiger partial charge in [-0.05, 0) is 30.2 Å². The fraction of sp³-hybridized carbons (Fsp3) is 0.235. The number of aromatic nitrogens is 3. The van der Waals surface area contributed by atoms with Gasteiger partial charge in [-0.15, -0.1) is 0 Å². The van der Waals surface area contributed by atoms with Crippen molar-refractivity contribution in [1.82, 2.24) is 25.4 Å². The van der Waals surface area contributed by atoms with Crippen molar-refractivity contribution in [2.45, 2.75) is 26.1 Å². The maximum atomic E-state index is 11.9. The molecule has 124 valence electrons. The van der Waals surface area contributed by atoms with Crippen LogP contribution in [-0.2, 0) is 13.1 Å². The molecule has 1 atom stereocenters. The minimum atomic E-state index is -0.231. The van der Waals surface area contributed by atoms with Crippen LogP contribution in [0.3, 0.4) is 0 Å². The van der Waals surface area contributed by atoms with Gasteiger partial charge >= 0.3 is 6.03 Å². The lowest BCUT2D eigenvalue weighted by molar-refractivity contribution is 0.235. The van der Waals surface area contributed by atoms with Gasteiger partial charge in [0.15, 0.2) is 0 Å². The zero-order valence-corrected chi connectivity index (χ0v) is 13.3. The number of urea groups is 1. The predicted octanol–water partition coefficient (Wildman–Crippen LogP) is 2.48. The van der Waals surface area contributed by atoms with E-state index in [0.717, 1.165) is 16.9 Å². The molecule has 2 amide bonds. The molecule has 7 heteroatoms. The average Bonchev–Trinajstić information content (AvgIpc) is 3.28. The molecule has 0 unspecified atom stereocenters. The molecule has 0 radical (unpaired) electrons. The molecule has 2 aromatic heterocycles. The van der Waals surface area contributed by atoms with Gasteiger partial charge in [-0.2, -0.15) is 5.10 Å². The van der Waals surface area contributed by atoms with Gasteiger partial charge in [-0.3, -0.25) is 0 Å². The molecule has 3 aromatic rings. The highest BCUT2D eigenvalue weighted by molar-refractivity contribution is 5.74. The first-order chi connectivity index (χ1) is 11.7. The smallest absolute Gasteiger partial charge is 0.315 e. The summed E-state index contributed by atoms with van der Waals surface area (Å²) in [6, 6.07) is 11.2. The minimum absolute atomic E-state index is 0.176. The number of benzene rings is 1. The molecule has 0 fully saturated rings. The molecule has 3 rings (SSSR count). The van der Waals surface area contributed by atoms with Crippen LogP contribution < -0.4 is 10.6 Å². The first kappa shape index (κ1) is 15.8. The number of furan rings is 1. The van der Waals surface area contributed by atoms with Crippen LogP contribution in [0.1, 0.15) is 29.9 Å². The minimum Gasteiger partial charge on any atom is -0.467 e. The SMILES string of the molecule is C[C@H](NC(=O)NCc1ccc(Cn2cncn2)cc1)c1ccco1. The summed E-state index contributed by atoms with van der Waals surface area (Å²) in [4.78, 5) is 15.8. The van der Waals surface area contributed by atoms with E-state index in [0.29, 0.717) is 13.1 Å². The summed E-state index contributed by atoms with van der Waals surface area (Å²) in [6.45, 7) is 3.01. The van der Waals surface area contributed by atoms with Crippen LogP contribution in [0.5, 0.6) is 0 Å². The lowest BCUT2D eigenvalue weighted by Crippen LogP contribution is -2.36. The molecular formula is C17H19N5O2. The van der Waals surface area contributed by atoms with Crippen LogP contribution in [0.25, 0.3) is 0 Å². The van der Waals surface area contributed by atoms with E-state index >= 15 is 0 Å². The normalized spacial score (nSPS) is 11.9. The van der Waals surface area contributed by atoms with E-state index in [4.69, 9.17) is 4.42 Å². The number of amides is 2. The summed E-state index contributed by atoms with van der Waals surface area (Å²) >= 11 is 0. The first-order valence-corrected chi connectivity index (χ1v) is 7.69. The molecule has 2 heterocycles. The second kappa shape index (κ2) is 7.45. The Balaban J connectivity index is 1.46. The summed E-state index contributed by atoms with van der Waals surface area (Å²) in [5.74, 6) is 0.725. The van der Waals surface area contributed by atoms with Crippen LogP contribution in [0.15, 0.2) is 59.7 Å². The Labute approximate surface area is 139 Å². The van der Waals surface area contributed by atoms with Crippen molar-refractivity contribution in [1.29, 1.82) is 0 Å². The highest BCUT2D eigenvalue weighted by atomic mass is 16.3. The quantitative estimate of drug-likeness (QED) is 0.729. The highest BCUT2D eigenvalue weighted by Gasteiger charge is 2.11. The molecule has 0 aliphatic carbocycles. The molecule has 0 bridgehead atoms. The molecule has 0 aliphatic heterocycles. The van der Waals surface area contributed by atoms with Gasteiger partial charge in [0, 0.05) is 6.54 Å². The lowest BCUT2D eigenvalue weighted by Gasteiger charge is -2.12. The second-order valence-electron chi connectivity index (χ2n) is 5.47. The number of carbonyl (C=O) groups is 1. The highest BCUT2D eigenvalue weighted by Crippen LogP contribution is 2.11. The Hall–Kier alpha value is -3.09. The Bertz CT molecular complexity index is 751. The Morgan fingerprint density at radius 1 is 1.25 bits per heavy atom. The summed E-state index contributed by atoms with van der Waals surface area (Å²) in [5.41, 5.74) is 2.15. The van der Waals surface area contributed by atoms with E-state index in [9.17, 15) is 4.79 Å². The molecular weight excluding hydrogens is 306 g/mol. The van der Waals surface area contributed by atoms with Gasteiger partial charge in [0.1, 0.15) is 18.4 Å². The van der Waals surface area contributed by atoms with Gasteiger partial charge in [0.2, 0.25) is 0 Å². The summed E-state index contributed by atoms with van der Waals surface area (Å²) in [6.07, 6.45) is 4.78. The van der Waals surface area contributed by atoms with Gasteiger partial charge in [-0.1, -0.05) is 24.3 Å². The van der Waals surface area contributed by atoms with E-state index in [-0.39, 0.29) is 12.1 Å². The second-order valence-corrected chi connectivity index (χ2v) is 5.47. The zero-order chi connectivity index (χ0) is 16.8. The van der Waals surface area contributed by atoms with Crippen molar-refractivity contribution in [3.05, 3.63) is 72.2 Å². The maximum Gasteiger partial charge on any atom is 0.315 e. The summed E-state index contributed by atoms with van der Waals surface area (Å²) < 4.78 is 7.02. The summed E-state index contributed by atoms with van der Waals surface area (Å²) in [5, 5.41) is 9.74. The van der Waals surface area contributed by atoms with Crippen LogP contribution in [0.4, 0.5) is 4.79 Å². The average molecular weight is 325 g/mol. The third-order valence-corrected chi connectivity index (χ3v) is 3.60. The van der Waals surface area contributed by atoms with Crippen LogP contribution in [-0.4, -0.2) is 20.8 Å². The number of hydrogen-bond acceptors (Lipinski definition) is 4. The van der Waals surface area contributed by atoms with Gasteiger partial charge in [0.05, 0.1) is 18.8 Å². The Kier molecular flexibility index (Phi) is 4.90. The van der Waals surface area contributed by atoms with Crippen molar-refractivity contribution >= 4 is 6.03 Å². The van der Waals surface area contributed by atoms with Crippen molar-refractivity contribution in [2.24, 2.45) is 0 Å². The number of carbonyl (C=O) groups excluding carboxylic acids is 1. The molecule has 1 aromatic carbocycles. The number of hydrogen-bond donors (Lipinski definition) is 2. The molecule has 0 spiro atoms. The number of nitrogens with one attached hydrogen (secondary N) is 2. The monoisotopic (exact) mass is 325 g/mol. The van der Waals surface area contributed by atoms with E-state index < -0.39 is 0 Å². The van der Waals surface area contributed by atoms with Crippen molar-refractivity contribution in [3.63, 3.8) is 0 Å². The fourth-order valence-corrected chi connectivity index (χ4v) is 2.30. The maximum absolute atomic E-state index is 11.9. The van der Waals surface area contributed by atoms with Crippen LogP contribution in [0.2, 0.25) is 0 Å². The Morgan fingerprint density at radius 2 is 2.04 bits per heavy atom. The van der Waals surface area contributed by atoms with E-state index in [1.165, 1.54) is 6.33 Å². The molecule has 0 aliphatic rings. The molecule has 2 N–H and O–H groups in total. The third-order valence-electron chi connectivity index (χ3n) is 3.60. The molecule has 0 saturated carbocycles. The van der Waals surface area contributed by atoms with E-state index in [1.807, 2.05) is 37.3 Å². The molecule has 7 nitrogen and oxygen atoms in total. The Morgan fingerprint density at radius 3 is 2.71 bits per heavy atom. The first-order valence-electron chi connectivity index (χ1n) is 7.69. The predicted molar refractivity (Wildman–Crippen MR) is 88.1 cm³/mol. The van der Waals surface area contributed by atoms with Crippen molar-refractivity contribution in [2.75, 3.05) is 0 Å². The van der Waals surface area contributed by atoms with Crippen LogP contribution >= 0.6 is 0 Å². The van der Waals surface area contributed by atoms with Crippen molar-refractivity contribution in [3.8, 4) is 0 Å². The molecule has 0 saturated heterocycles. The third kappa shape index (κ3) is 4.22. The van der Waals surface area contributed by atoms with Gasteiger partial charge < -0.3 is 15.1 Å². The van der Waals surface area contributed by atoms with Gasteiger partial charge in [0.25, 0.3) is 0 Å². The lowest BCUT2D eigenvalue weighted by atomic mass is 10.1. The fourth-order valence-electron chi connectivity index (χ4n) is 2.30. The van der Waals surface area contributed by atoms with E-state index in [2.05, 4.69) is 20.7 Å². The van der Waals surface area contributed by atoms with Gasteiger partial charge in [-0.25, -0.2) is 14.5 Å². The summed E-state index contributed by atoms with van der Waals surface area (Å²) in [7, 11) is 0. The largest absolute Gasteiger partial charge is 0.467 e. The standard InChI is InChI=1S/C17H19N5O2/c1-13(16-3-2-8-24-16)21-17(23)19-9-14-4-6-15(7-5-14)10-22-12-18-11-20-22/h2-8,11-13H,9-10H2,1H3,(H2,19,21,23)/t13-/m0/s1. The topological polar surface area (TPSA) is 85.0 Å². The number of rotatable bonds is 6. The van der Waals surface area contributed by atoms with Crippen molar-refractivity contribution < 1.29 is 9.21 Å². The van der Waals surface area contributed by atoms with Crippen LogP contribution in [0, 0.1) is 0 Å².